The molecule has 0 aliphatic heterocycles. The number of nitrogens with zero attached hydrogens (tertiary/aromatic N) is 1. The molecule has 0 bridgehead atoms. The van der Waals surface area contributed by atoms with Crippen molar-refractivity contribution in [1.29, 1.82) is 0 Å². The van der Waals surface area contributed by atoms with Crippen LogP contribution in [0.3, 0.4) is 0 Å². The Morgan fingerprint density at radius 1 is 1.12 bits per heavy atom. The summed E-state index contributed by atoms with van der Waals surface area (Å²) >= 11 is 0. The maximum atomic E-state index is 10.9. The van der Waals surface area contributed by atoms with E-state index in [1.807, 2.05) is 0 Å². The molecule has 17 heavy (non-hydrogen) atoms. The van der Waals surface area contributed by atoms with Crippen molar-refractivity contribution < 1.29 is 0 Å². The van der Waals surface area contributed by atoms with Gasteiger partial charge in [0.2, 0.25) is 0 Å². The highest BCUT2D eigenvalue weighted by atomic mass is 16.1. The Kier molecular flexibility index (Phi) is 2.40. The van der Waals surface area contributed by atoms with Crippen molar-refractivity contribution in [2.24, 2.45) is 0 Å². The molecule has 2 aromatic rings. The van der Waals surface area contributed by atoms with E-state index in [4.69, 9.17) is 0 Å². The average molecular weight is 227 g/mol. The van der Waals surface area contributed by atoms with Gasteiger partial charge >= 0.3 is 0 Å². The van der Waals surface area contributed by atoms with Crippen LogP contribution in [0.1, 0.15) is 11.1 Å². The minimum absolute atomic E-state index is 0.176. The first-order valence-electron chi connectivity index (χ1n) is 5.70. The van der Waals surface area contributed by atoms with E-state index >= 15 is 0 Å². The molecule has 1 aromatic heterocycles. The van der Waals surface area contributed by atoms with E-state index in [1.54, 1.807) is 6.07 Å². The first-order chi connectivity index (χ1) is 8.31. The number of aromatic nitrogens is 2. The highest BCUT2D eigenvalue weighted by molar-refractivity contribution is 5.40. The summed E-state index contributed by atoms with van der Waals surface area (Å²) in [5.41, 5.74) is 2.62. The van der Waals surface area contributed by atoms with Gasteiger partial charge in [0.25, 0.3) is 5.56 Å². The Bertz CT molecular complexity index is 546. The smallest absolute Gasteiger partial charge is 0.264 e. The molecule has 0 spiro atoms. The van der Waals surface area contributed by atoms with E-state index in [9.17, 15) is 4.79 Å². The zero-order valence-electron chi connectivity index (χ0n) is 9.31. The lowest BCUT2D eigenvalue weighted by Crippen LogP contribution is -2.21. The van der Waals surface area contributed by atoms with Gasteiger partial charge in [0.1, 0.15) is 5.82 Å². The van der Waals surface area contributed by atoms with E-state index in [0.717, 1.165) is 18.7 Å². The summed E-state index contributed by atoms with van der Waals surface area (Å²) in [6.07, 6.45) is 2.02. The van der Waals surface area contributed by atoms with E-state index in [1.165, 1.54) is 17.2 Å². The van der Waals surface area contributed by atoms with Gasteiger partial charge in [-0.05, 0) is 30.0 Å². The number of nitrogens with one attached hydrogen (secondary N) is 2. The molecule has 0 atom stereocenters. The van der Waals surface area contributed by atoms with Crippen molar-refractivity contribution in [2.75, 3.05) is 5.32 Å². The molecule has 4 heteroatoms. The summed E-state index contributed by atoms with van der Waals surface area (Å²) < 4.78 is 0. The van der Waals surface area contributed by atoms with Gasteiger partial charge in [-0.25, -0.2) is 5.10 Å². The van der Waals surface area contributed by atoms with Crippen LogP contribution in [0.15, 0.2) is 41.2 Å². The van der Waals surface area contributed by atoms with Crippen molar-refractivity contribution in [1.82, 2.24) is 10.2 Å². The van der Waals surface area contributed by atoms with Crippen molar-refractivity contribution in [2.45, 2.75) is 18.9 Å². The van der Waals surface area contributed by atoms with Gasteiger partial charge in [0.15, 0.2) is 0 Å². The van der Waals surface area contributed by atoms with Crippen LogP contribution in [0.4, 0.5) is 5.82 Å². The highest BCUT2D eigenvalue weighted by Gasteiger charge is 2.20. The molecule has 0 radical (unpaired) electrons. The summed E-state index contributed by atoms with van der Waals surface area (Å²) in [6, 6.07) is 12.0. The topological polar surface area (TPSA) is 57.8 Å². The van der Waals surface area contributed by atoms with Crippen LogP contribution in [-0.2, 0) is 12.8 Å². The Hall–Kier alpha value is -2.10. The van der Waals surface area contributed by atoms with Crippen LogP contribution in [-0.4, -0.2) is 16.2 Å². The first kappa shape index (κ1) is 10.1. The van der Waals surface area contributed by atoms with E-state index in [0.29, 0.717) is 6.04 Å². The standard InChI is InChI=1S/C13H13N3O/c17-13-6-5-12(15-16-13)14-11-7-9-3-1-2-4-10(9)8-11/h1-6,11H,7-8H2,(H,14,15)(H,16,17). The van der Waals surface area contributed by atoms with E-state index < -0.39 is 0 Å². The van der Waals surface area contributed by atoms with Gasteiger partial charge < -0.3 is 5.32 Å². The molecule has 1 aromatic carbocycles. The van der Waals surface area contributed by atoms with E-state index in [2.05, 4.69) is 39.8 Å². The molecule has 86 valence electrons. The van der Waals surface area contributed by atoms with Crippen LogP contribution in [0.25, 0.3) is 0 Å². The maximum Gasteiger partial charge on any atom is 0.264 e. The molecule has 0 amide bonds. The first-order valence-corrected chi connectivity index (χ1v) is 5.70. The van der Waals surface area contributed by atoms with Crippen LogP contribution < -0.4 is 10.9 Å². The molecule has 3 rings (SSSR count). The number of hydrogen-bond acceptors (Lipinski definition) is 3. The lowest BCUT2D eigenvalue weighted by Gasteiger charge is -2.11. The normalized spacial score (nSPS) is 14.6. The minimum Gasteiger partial charge on any atom is -0.365 e. The minimum atomic E-state index is -0.176. The van der Waals surface area contributed by atoms with Gasteiger partial charge in [-0.15, -0.1) is 0 Å². The van der Waals surface area contributed by atoms with Crippen molar-refractivity contribution in [3.8, 4) is 0 Å². The molecule has 1 heterocycles. The third-order valence-corrected chi connectivity index (χ3v) is 3.08. The number of rotatable bonds is 2. The maximum absolute atomic E-state index is 10.9. The summed E-state index contributed by atoms with van der Waals surface area (Å²) in [7, 11) is 0. The molecule has 0 saturated carbocycles. The average Bonchev–Trinajstić information content (AvgIpc) is 2.74. The molecule has 4 nitrogen and oxygen atoms in total. The lowest BCUT2D eigenvalue weighted by atomic mass is 10.1. The number of H-pyrrole nitrogens is 1. The van der Waals surface area contributed by atoms with Crippen LogP contribution in [0.5, 0.6) is 0 Å². The fourth-order valence-electron chi connectivity index (χ4n) is 2.29. The largest absolute Gasteiger partial charge is 0.365 e. The van der Waals surface area contributed by atoms with Crippen LogP contribution >= 0.6 is 0 Å². The highest BCUT2D eigenvalue weighted by Crippen LogP contribution is 2.23. The van der Waals surface area contributed by atoms with Gasteiger partial charge in [-0.1, -0.05) is 24.3 Å². The second-order valence-corrected chi connectivity index (χ2v) is 4.32. The lowest BCUT2D eigenvalue weighted by molar-refractivity contribution is 0.762. The van der Waals surface area contributed by atoms with Crippen molar-refractivity contribution in [3.05, 3.63) is 57.9 Å². The Morgan fingerprint density at radius 3 is 2.41 bits per heavy atom. The summed E-state index contributed by atoms with van der Waals surface area (Å²) in [5, 5.41) is 9.72. The Morgan fingerprint density at radius 2 is 1.82 bits per heavy atom. The monoisotopic (exact) mass is 227 g/mol. The number of benzene rings is 1. The third kappa shape index (κ3) is 2.06. The quantitative estimate of drug-likeness (QED) is 0.814. The number of hydrogen-bond donors (Lipinski definition) is 2. The fourth-order valence-corrected chi connectivity index (χ4v) is 2.29. The summed E-state index contributed by atoms with van der Waals surface area (Å²) in [5.74, 6) is 0.724. The van der Waals surface area contributed by atoms with Gasteiger partial charge in [0, 0.05) is 12.1 Å². The van der Waals surface area contributed by atoms with Gasteiger partial charge in [-0.2, -0.15) is 5.10 Å². The Balaban J connectivity index is 1.73. The fraction of sp³-hybridized carbons (Fsp3) is 0.231. The van der Waals surface area contributed by atoms with Gasteiger partial charge in [0.05, 0.1) is 0 Å². The molecular formula is C13H13N3O. The summed E-state index contributed by atoms with van der Waals surface area (Å²) in [6.45, 7) is 0. The van der Waals surface area contributed by atoms with Gasteiger partial charge in [-0.3, -0.25) is 4.79 Å². The number of anilines is 1. The third-order valence-electron chi connectivity index (χ3n) is 3.08. The summed E-state index contributed by atoms with van der Waals surface area (Å²) in [4.78, 5) is 10.9. The molecule has 0 unspecified atom stereocenters. The second kappa shape index (κ2) is 4.05. The van der Waals surface area contributed by atoms with Crippen molar-refractivity contribution in [3.63, 3.8) is 0 Å². The predicted molar refractivity (Wildman–Crippen MR) is 66.1 cm³/mol. The molecule has 0 fully saturated rings. The molecule has 2 N–H and O–H groups in total. The second-order valence-electron chi connectivity index (χ2n) is 4.32. The zero-order valence-corrected chi connectivity index (χ0v) is 9.31. The Labute approximate surface area is 98.7 Å². The molecule has 1 aliphatic carbocycles. The molecule has 0 saturated heterocycles. The molecule has 1 aliphatic rings. The van der Waals surface area contributed by atoms with E-state index in [-0.39, 0.29) is 5.56 Å². The SMILES string of the molecule is O=c1ccc(NC2Cc3ccccc3C2)n[nH]1. The predicted octanol–water partition coefficient (Wildman–Crippen LogP) is 1.35. The molecular weight excluding hydrogens is 214 g/mol. The van der Waals surface area contributed by atoms with Crippen molar-refractivity contribution >= 4 is 5.82 Å². The van der Waals surface area contributed by atoms with Crippen LogP contribution in [0.2, 0.25) is 0 Å². The van der Waals surface area contributed by atoms with Crippen LogP contribution in [0, 0.1) is 0 Å². The number of fused-ring (bicyclic) bond motifs is 1. The zero-order chi connectivity index (χ0) is 11.7. The number of aromatic amines is 1.